The van der Waals surface area contributed by atoms with Crippen LogP contribution in [0.1, 0.15) is 53.4 Å². The van der Waals surface area contributed by atoms with Gasteiger partial charge in [0.15, 0.2) is 0 Å². The number of hydrogen-bond donors (Lipinski definition) is 2. The van der Waals surface area contributed by atoms with Crippen molar-refractivity contribution < 1.29 is 14.7 Å². The number of rotatable bonds is 7. The number of amides is 1. The Kier molecular flexibility index (Phi) is 7.15. The van der Waals surface area contributed by atoms with Gasteiger partial charge in [-0.1, -0.05) is 12.8 Å². The quantitative estimate of drug-likeness (QED) is 0.755. The van der Waals surface area contributed by atoms with Crippen LogP contribution in [0.5, 0.6) is 0 Å². The van der Waals surface area contributed by atoms with Crippen LogP contribution in [-0.4, -0.2) is 47.1 Å². The van der Waals surface area contributed by atoms with Crippen LogP contribution >= 0.6 is 0 Å². The van der Waals surface area contributed by atoms with Crippen LogP contribution in [0.25, 0.3) is 0 Å². The molecule has 0 aromatic carbocycles. The van der Waals surface area contributed by atoms with E-state index >= 15 is 0 Å². The Hall–Kier alpha value is -1.10. The van der Waals surface area contributed by atoms with E-state index in [1.807, 2.05) is 32.6 Å². The fourth-order valence-corrected chi connectivity index (χ4v) is 3.41. The summed E-state index contributed by atoms with van der Waals surface area (Å²) in [5, 5.41) is 12.4. The van der Waals surface area contributed by atoms with Crippen molar-refractivity contribution in [1.29, 1.82) is 0 Å². The molecule has 0 heterocycles. The molecule has 0 radical (unpaired) electrons. The number of carbonyl (C=O) groups excluding carboxylic acids is 1. The third-order valence-corrected chi connectivity index (χ3v) is 4.31. The molecule has 0 saturated heterocycles. The third kappa shape index (κ3) is 5.30. The van der Waals surface area contributed by atoms with E-state index in [0.29, 0.717) is 13.1 Å². The summed E-state index contributed by atoms with van der Waals surface area (Å²) in [6.45, 7) is 8.96. The van der Waals surface area contributed by atoms with Crippen molar-refractivity contribution in [2.24, 2.45) is 11.8 Å². The highest BCUT2D eigenvalue weighted by Crippen LogP contribution is 2.29. The minimum Gasteiger partial charge on any atom is -0.481 e. The summed E-state index contributed by atoms with van der Waals surface area (Å²) in [7, 11) is 0. The molecule has 0 spiro atoms. The first-order chi connectivity index (χ1) is 9.84. The molecule has 2 N–H and O–H groups in total. The van der Waals surface area contributed by atoms with Crippen LogP contribution in [0.3, 0.4) is 0 Å². The molecule has 0 bridgehead atoms. The van der Waals surface area contributed by atoms with Gasteiger partial charge in [-0.3, -0.25) is 9.59 Å². The van der Waals surface area contributed by atoms with Crippen LogP contribution < -0.4 is 5.32 Å². The van der Waals surface area contributed by atoms with Gasteiger partial charge < -0.3 is 15.3 Å². The highest BCUT2D eigenvalue weighted by atomic mass is 16.4. The number of nitrogens with zero attached hydrogens (tertiary/aromatic N) is 1. The van der Waals surface area contributed by atoms with Crippen molar-refractivity contribution in [1.82, 2.24) is 10.2 Å². The van der Waals surface area contributed by atoms with Gasteiger partial charge in [0.1, 0.15) is 0 Å². The predicted octanol–water partition coefficient (Wildman–Crippen LogP) is 2.11. The standard InChI is InChI=1S/C16H30N2O3/c1-11(2)18(12(3)4)15(19)10-17-9-13-7-5-6-8-14(13)16(20)21/h11-14,17H,5-10H2,1-4H3,(H,20,21). The Morgan fingerprint density at radius 2 is 1.71 bits per heavy atom. The van der Waals surface area contributed by atoms with E-state index < -0.39 is 5.97 Å². The zero-order valence-corrected chi connectivity index (χ0v) is 13.8. The molecule has 21 heavy (non-hydrogen) atoms. The molecular weight excluding hydrogens is 268 g/mol. The van der Waals surface area contributed by atoms with Gasteiger partial charge in [-0.05, 0) is 53.0 Å². The highest BCUT2D eigenvalue weighted by molar-refractivity contribution is 5.78. The molecule has 1 amide bonds. The van der Waals surface area contributed by atoms with E-state index in [1.54, 1.807) is 0 Å². The topological polar surface area (TPSA) is 69.6 Å². The molecule has 2 atom stereocenters. The van der Waals surface area contributed by atoms with E-state index in [-0.39, 0.29) is 29.8 Å². The lowest BCUT2D eigenvalue weighted by molar-refractivity contribution is -0.144. The first-order valence-corrected chi connectivity index (χ1v) is 8.09. The number of carboxylic acid groups (broad SMARTS) is 1. The summed E-state index contributed by atoms with van der Waals surface area (Å²) in [4.78, 5) is 25.3. The summed E-state index contributed by atoms with van der Waals surface area (Å²) < 4.78 is 0. The molecule has 0 aromatic rings. The highest BCUT2D eigenvalue weighted by Gasteiger charge is 2.30. The second-order valence-corrected chi connectivity index (χ2v) is 6.61. The summed E-state index contributed by atoms with van der Waals surface area (Å²) in [6.07, 6.45) is 3.80. The average molecular weight is 298 g/mol. The molecule has 5 heteroatoms. The second kappa shape index (κ2) is 8.37. The summed E-state index contributed by atoms with van der Waals surface area (Å²) >= 11 is 0. The molecule has 1 aliphatic carbocycles. The largest absolute Gasteiger partial charge is 0.481 e. The molecule has 1 rings (SSSR count). The first kappa shape index (κ1) is 18.0. The van der Waals surface area contributed by atoms with Crippen LogP contribution in [-0.2, 0) is 9.59 Å². The van der Waals surface area contributed by atoms with E-state index in [9.17, 15) is 14.7 Å². The Morgan fingerprint density at radius 3 is 2.24 bits per heavy atom. The van der Waals surface area contributed by atoms with Crippen LogP contribution in [0.2, 0.25) is 0 Å². The van der Waals surface area contributed by atoms with Gasteiger partial charge in [0, 0.05) is 12.1 Å². The fourth-order valence-electron chi connectivity index (χ4n) is 3.41. The molecule has 1 aliphatic rings. The van der Waals surface area contributed by atoms with E-state index in [4.69, 9.17) is 0 Å². The van der Waals surface area contributed by atoms with Crippen molar-refractivity contribution in [3.8, 4) is 0 Å². The summed E-state index contributed by atoms with van der Waals surface area (Å²) in [5.41, 5.74) is 0. The van der Waals surface area contributed by atoms with E-state index in [0.717, 1.165) is 25.7 Å². The molecule has 0 aromatic heterocycles. The van der Waals surface area contributed by atoms with Crippen molar-refractivity contribution in [3.05, 3.63) is 0 Å². The molecule has 1 fully saturated rings. The maximum absolute atomic E-state index is 12.2. The summed E-state index contributed by atoms with van der Waals surface area (Å²) in [5.74, 6) is -0.718. The number of nitrogens with one attached hydrogen (secondary N) is 1. The number of carboxylic acids is 1. The van der Waals surface area contributed by atoms with Gasteiger partial charge >= 0.3 is 5.97 Å². The minimum absolute atomic E-state index is 0.0858. The lowest BCUT2D eigenvalue weighted by Gasteiger charge is -2.32. The molecular formula is C16H30N2O3. The van der Waals surface area contributed by atoms with Gasteiger partial charge in [0.25, 0.3) is 0 Å². The van der Waals surface area contributed by atoms with Crippen LogP contribution in [0.4, 0.5) is 0 Å². The Balaban J connectivity index is 2.44. The minimum atomic E-state index is -0.696. The van der Waals surface area contributed by atoms with E-state index in [2.05, 4.69) is 5.32 Å². The van der Waals surface area contributed by atoms with Crippen LogP contribution in [0.15, 0.2) is 0 Å². The van der Waals surface area contributed by atoms with Gasteiger partial charge in [-0.25, -0.2) is 0 Å². The molecule has 122 valence electrons. The number of hydrogen-bond acceptors (Lipinski definition) is 3. The Bertz CT molecular complexity index is 347. The Morgan fingerprint density at radius 1 is 1.14 bits per heavy atom. The van der Waals surface area contributed by atoms with Gasteiger partial charge in [-0.15, -0.1) is 0 Å². The van der Waals surface area contributed by atoms with Crippen molar-refractivity contribution in [3.63, 3.8) is 0 Å². The third-order valence-electron chi connectivity index (χ3n) is 4.31. The molecule has 2 unspecified atom stereocenters. The van der Waals surface area contributed by atoms with Crippen molar-refractivity contribution in [2.75, 3.05) is 13.1 Å². The van der Waals surface area contributed by atoms with Crippen molar-refractivity contribution >= 4 is 11.9 Å². The summed E-state index contributed by atoms with van der Waals surface area (Å²) in [6, 6.07) is 0.362. The van der Waals surface area contributed by atoms with Gasteiger partial charge in [0.05, 0.1) is 12.5 Å². The van der Waals surface area contributed by atoms with E-state index in [1.165, 1.54) is 0 Å². The molecule has 1 saturated carbocycles. The maximum atomic E-state index is 12.2. The zero-order valence-electron chi connectivity index (χ0n) is 13.8. The molecule has 5 nitrogen and oxygen atoms in total. The normalized spacial score (nSPS) is 22.6. The second-order valence-electron chi connectivity index (χ2n) is 6.61. The Labute approximate surface area is 128 Å². The van der Waals surface area contributed by atoms with Crippen LogP contribution in [0, 0.1) is 11.8 Å². The smallest absolute Gasteiger partial charge is 0.306 e. The predicted molar refractivity (Wildman–Crippen MR) is 83.1 cm³/mol. The maximum Gasteiger partial charge on any atom is 0.306 e. The average Bonchev–Trinajstić information content (AvgIpc) is 2.38. The van der Waals surface area contributed by atoms with Gasteiger partial charge in [0.2, 0.25) is 5.91 Å². The number of aliphatic carboxylic acids is 1. The SMILES string of the molecule is CC(C)N(C(=O)CNCC1CCCCC1C(=O)O)C(C)C. The fraction of sp³-hybridized carbons (Fsp3) is 0.875. The monoisotopic (exact) mass is 298 g/mol. The lowest BCUT2D eigenvalue weighted by Crippen LogP contribution is -2.47. The van der Waals surface area contributed by atoms with Crippen molar-refractivity contribution in [2.45, 2.75) is 65.5 Å². The zero-order chi connectivity index (χ0) is 16.0. The number of carbonyl (C=O) groups is 2. The molecule has 0 aliphatic heterocycles. The lowest BCUT2D eigenvalue weighted by atomic mass is 9.79. The van der Waals surface area contributed by atoms with Gasteiger partial charge in [-0.2, -0.15) is 0 Å². The first-order valence-electron chi connectivity index (χ1n) is 8.09.